The third-order valence-electron chi connectivity index (χ3n) is 4.56. The van der Waals surface area contributed by atoms with Gasteiger partial charge in [-0.3, -0.25) is 0 Å². The highest BCUT2D eigenvalue weighted by Gasteiger charge is 2.26. The second kappa shape index (κ2) is 8.10. The number of carbonyl (C=O) groups is 1. The normalized spacial score (nSPS) is 15.3. The standard InChI is InChI=1S/C20H23NO5S/c1-15-6-11-18(19(14-15)25-2)26-20(22)16-7-9-17(10-8-16)27(23,24)21-12-4-3-5-13-21/h6-11,14H,3-5,12-13H2,1-2H3. The fourth-order valence-electron chi connectivity index (χ4n) is 3.04. The van der Waals surface area contributed by atoms with Crippen molar-refractivity contribution < 1.29 is 22.7 Å². The highest BCUT2D eigenvalue weighted by Crippen LogP contribution is 2.29. The van der Waals surface area contributed by atoms with Crippen LogP contribution in [0.5, 0.6) is 11.5 Å². The van der Waals surface area contributed by atoms with E-state index in [4.69, 9.17) is 9.47 Å². The van der Waals surface area contributed by atoms with E-state index in [0.29, 0.717) is 24.6 Å². The van der Waals surface area contributed by atoms with Crippen LogP contribution in [0.25, 0.3) is 0 Å². The predicted octanol–water partition coefficient (Wildman–Crippen LogP) is 3.40. The van der Waals surface area contributed by atoms with Crippen molar-refractivity contribution in [1.82, 2.24) is 4.31 Å². The number of hydrogen-bond donors (Lipinski definition) is 0. The van der Waals surface area contributed by atoms with Crippen LogP contribution in [-0.4, -0.2) is 38.9 Å². The van der Waals surface area contributed by atoms with Crippen LogP contribution >= 0.6 is 0 Å². The first-order chi connectivity index (χ1) is 12.9. The number of methoxy groups -OCH3 is 1. The topological polar surface area (TPSA) is 72.9 Å². The Morgan fingerprint density at radius 2 is 1.63 bits per heavy atom. The third-order valence-corrected chi connectivity index (χ3v) is 6.48. The second-order valence-corrected chi connectivity index (χ2v) is 8.47. The van der Waals surface area contributed by atoms with E-state index in [1.807, 2.05) is 13.0 Å². The maximum atomic E-state index is 12.7. The number of rotatable bonds is 5. The summed E-state index contributed by atoms with van der Waals surface area (Å²) >= 11 is 0. The predicted molar refractivity (Wildman–Crippen MR) is 102 cm³/mol. The highest BCUT2D eigenvalue weighted by atomic mass is 32.2. The van der Waals surface area contributed by atoms with Crippen LogP contribution in [-0.2, 0) is 10.0 Å². The van der Waals surface area contributed by atoms with Gasteiger partial charge < -0.3 is 9.47 Å². The summed E-state index contributed by atoms with van der Waals surface area (Å²) in [5.74, 6) is 0.213. The van der Waals surface area contributed by atoms with Crippen molar-refractivity contribution in [3.8, 4) is 11.5 Å². The fraction of sp³-hybridized carbons (Fsp3) is 0.350. The maximum absolute atomic E-state index is 12.7. The summed E-state index contributed by atoms with van der Waals surface area (Å²) in [6.45, 7) is 2.99. The molecule has 27 heavy (non-hydrogen) atoms. The number of esters is 1. The average molecular weight is 389 g/mol. The number of hydrogen-bond acceptors (Lipinski definition) is 5. The number of sulfonamides is 1. The molecule has 0 atom stereocenters. The highest BCUT2D eigenvalue weighted by molar-refractivity contribution is 7.89. The summed E-state index contributed by atoms with van der Waals surface area (Å²) in [5.41, 5.74) is 1.26. The van der Waals surface area contributed by atoms with Crippen molar-refractivity contribution in [3.63, 3.8) is 0 Å². The van der Waals surface area contributed by atoms with E-state index in [0.717, 1.165) is 24.8 Å². The van der Waals surface area contributed by atoms with Gasteiger partial charge in [0.1, 0.15) is 0 Å². The van der Waals surface area contributed by atoms with Gasteiger partial charge in [0.15, 0.2) is 11.5 Å². The van der Waals surface area contributed by atoms with Crippen molar-refractivity contribution in [2.75, 3.05) is 20.2 Å². The summed E-state index contributed by atoms with van der Waals surface area (Å²) in [4.78, 5) is 12.6. The number of benzene rings is 2. The van der Waals surface area contributed by atoms with Crippen LogP contribution in [0.4, 0.5) is 0 Å². The zero-order valence-corrected chi connectivity index (χ0v) is 16.3. The van der Waals surface area contributed by atoms with E-state index in [9.17, 15) is 13.2 Å². The molecular formula is C20H23NO5S. The summed E-state index contributed by atoms with van der Waals surface area (Å²) < 4.78 is 37.5. The van der Waals surface area contributed by atoms with Gasteiger partial charge in [-0.05, 0) is 61.7 Å². The lowest BCUT2D eigenvalue weighted by molar-refractivity contribution is 0.0729. The first-order valence-electron chi connectivity index (χ1n) is 8.89. The first kappa shape index (κ1) is 19.4. The van der Waals surface area contributed by atoms with Crippen LogP contribution in [0, 0.1) is 6.92 Å². The molecule has 144 valence electrons. The molecule has 0 N–H and O–H groups in total. The van der Waals surface area contributed by atoms with E-state index in [1.165, 1.54) is 35.7 Å². The summed E-state index contributed by atoms with van der Waals surface area (Å²) in [7, 11) is -2.01. The molecule has 1 saturated heterocycles. The number of ether oxygens (including phenoxy) is 2. The molecule has 2 aromatic rings. The molecular weight excluding hydrogens is 366 g/mol. The lowest BCUT2D eigenvalue weighted by Crippen LogP contribution is -2.35. The molecule has 6 nitrogen and oxygen atoms in total. The Kier molecular flexibility index (Phi) is 5.82. The summed E-state index contributed by atoms with van der Waals surface area (Å²) in [6, 6.07) is 11.1. The molecule has 0 aliphatic carbocycles. The Morgan fingerprint density at radius 3 is 2.26 bits per heavy atom. The molecule has 7 heteroatoms. The van der Waals surface area contributed by atoms with E-state index in [1.54, 1.807) is 12.1 Å². The van der Waals surface area contributed by atoms with Crippen LogP contribution in [0.1, 0.15) is 35.2 Å². The van der Waals surface area contributed by atoms with Crippen LogP contribution in [0.2, 0.25) is 0 Å². The molecule has 0 radical (unpaired) electrons. The lowest BCUT2D eigenvalue weighted by Gasteiger charge is -2.25. The van der Waals surface area contributed by atoms with Crippen molar-refractivity contribution >= 4 is 16.0 Å². The fourth-order valence-corrected chi connectivity index (χ4v) is 4.55. The number of aryl methyl sites for hydroxylation is 1. The van der Waals surface area contributed by atoms with Crippen LogP contribution in [0.3, 0.4) is 0 Å². The Bertz CT molecular complexity index is 916. The number of carbonyl (C=O) groups excluding carboxylic acids is 1. The molecule has 1 fully saturated rings. The average Bonchev–Trinajstić information content (AvgIpc) is 2.70. The Hall–Kier alpha value is -2.38. The van der Waals surface area contributed by atoms with E-state index in [2.05, 4.69) is 0 Å². The Morgan fingerprint density at radius 1 is 0.963 bits per heavy atom. The van der Waals surface area contributed by atoms with Gasteiger partial charge in [0.2, 0.25) is 10.0 Å². The van der Waals surface area contributed by atoms with E-state index >= 15 is 0 Å². The minimum absolute atomic E-state index is 0.189. The van der Waals surface area contributed by atoms with Gasteiger partial charge in [-0.25, -0.2) is 13.2 Å². The van der Waals surface area contributed by atoms with E-state index in [-0.39, 0.29) is 10.5 Å². The SMILES string of the molecule is COc1cc(C)ccc1OC(=O)c1ccc(S(=O)(=O)N2CCCCC2)cc1. The molecule has 0 spiro atoms. The van der Waals surface area contributed by atoms with Gasteiger partial charge >= 0.3 is 5.97 Å². The zero-order chi connectivity index (χ0) is 19.4. The summed E-state index contributed by atoms with van der Waals surface area (Å²) in [6.07, 6.45) is 2.81. The monoisotopic (exact) mass is 389 g/mol. The van der Waals surface area contributed by atoms with Crippen LogP contribution < -0.4 is 9.47 Å². The van der Waals surface area contributed by atoms with Crippen molar-refractivity contribution in [3.05, 3.63) is 53.6 Å². The van der Waals surface area contributed by atoms with Gasteiger partial charge in [-0.2, -0.15) is 4.31 Å². The van der Waals surface area contributed by atoms with Gasteiger partial charge in [0.05, 0.1) is 17.6 Å². The van der Waals surface area contributed by atoms with Gasteiger partial charge in [-0.1, -0.05) is 12.5 Å². The second-order valence-electron chi connectivity index (χ2n) is 6.53. The quantitative estimate of drug-likeness (QED) is 0.579. The molecule has 3 rings (SSSR count). The van der Waals surface area contributed by atoms with E-state index < -0.39 is 16.0 Å². The molecule has 1 aliphatic rings. The third kappa shape index (κ3) is 4.31. The molecule has 0 saturated carbocycles. The number of piperidine rings is 1. The largest absolute Gasteiger partial charge is 0.493 e. The Balaban J connectivity index is 1.76. The van der Waals surface area contributed by atoms with Gasteiger partial charge in [0, 0.05) is 13.1 Å². The molecule has 0 unspecified atom stereocenters. The summed E-state index contributed by atoms with van der Waals surface area (Å²) in [5, 5.41) is 0. The Labute approximate surface area is 159 Å². The van der Waals surface area contributed by atoms with Gasteiger partial charge in [0.25, 0.3) is 0 Å². The first-order valence-corrected chi connectivity index (χ1v) is 10.3. The maximum Gasteiger partial charge on any atom is 0.343 e. The van der Waals surface area contributed by atoms with Crippen molar-refractivity contribution in [1.29, 1.82) is 0 Å². The van der Waals surface area contributed by atoms with Crippen molar-refractivity contribution in [2.45, 2.75) is 31.1 Å². The molecule has 0 amide bonds. The minimum atomic E-state index is -3.52. The minimum Gasteiger partial charge on any atom is -0.493 e. The molecule has 1 aliphatic heterocycles. The van der Waals surface area contributed by atoms with Crippen LogP contribution in [0.15, 0.2) is 47.4 Å². The number of nitrogens with zero attached hydrogens (tertiary/aromatic N) is 1. The molecule has 0 aromatic heterocycles. The zero-order valence-electron chi connectivity index (χ0n) is 15.5. The smallest absolute Gasteiger partial charge is 0.343 e. The molecule has 0 bridgehead atoms. The molecule has 2 aromatic carbocycles. The van der Waals surface area contributed by atoms with Crippen molar-refractivity contribution in [2.24, 2.45) is 0 Å². The van der Waals surface area contributed by atoms with Gasteiger partial charge in [-0.15, -0.1) is 0 Å². The lowest BCUT2D eigenvalue weighted by atomic mass is 10.2. The molecule has 1 heterocycles.